The molecule has 2 N–H and O–H groups in total. The van der Waals surface area contributed by atoms with E-state index in [0.29, 0.717) is 5.02 Å². The lowest BCUT2D eigenvalue weighted by atomic mass is 9.99. The molecular formula is C16H11ClN4. The predicted octanol–water partition coefficient (Wildman–Crippen LogP) is 4.26. The molecule has 0 radical (unpaired) electrons. The molecule has 21 heavy (non-hydrogen) atoms. The van der Waals surface area contributed by atoms with Crippen LogP contribution in [0.2, 0.25) is 5.02 Å². The Morgan fingerprint density at radius 1 is 0.905 bits per heavy atom. The summed E-state index contributed by atoms with van der Waals surface area (Å²) in [6.45, 7) is 0. The monoisotopic (exact) mass is 294 g/mol. The van der Waals surface area contributed by atoms with E-state index < -0.39 is 0 Å². The lowest BCUT2D eigenvalue weighted by molar-refractivity contribution is 1.29. The summed E-state index contributed by atoms with van der Waals surface area (Å²) in [5.41, 5.74) is 5.76. The zero-order chi connectivity index (χ0) is 14.2. The number of halogens is 1. The Labute approximate surface area is 126 Å². The zero-order valence-corrected chi connectivity index (χ0v) is 11.7. The third-order valence-electron chi connectivity index (χ3n) is 3.45. The summed E-state index contributed by atoms with van der Waals surface area (Å²) in [6.07, 6.45) is 7.13. The van der Waals surface area contributed by atoms with E-state index in [0.717, 1.165) is 33.5 Å². The van der Waals surface area contributed by atoms with Crippen LogP contribution in [0.1, 0.15) is 0 Å². The van der Waals surface area contributed by atoms with Gasteiger partial charge in [0.1, 0.15) is 0 Å². The van der Waals surface area contributed by atoms with Gasteiger partial charge in [-0.2, -0.15) is 0 Å². The molecule has 0 atom stereocenters. The fourth-order valence-electron chi connectivity index (χ4n) is 2.53. The second-order valence-corrected chi connectivity index (χ2v) is 5.16. The molecule has 0 spiro atoms. The van der Waals surface area contributed by atoms with E-state index in [1.165, 1.54) is 0 Å². The van der Waals surface area contributed by atoms with Crippen LogP contribution in [0, 0.1) is 0 Å². The topological polar surface area (TPSA) is 49.8 Å². The summed E-state index contributed by atoms with van der Waals surface area (Å²) in [5.74, 6) is 0. The third kappa shape index (κ3) is 2.00. The molecule has 3 aromatic rings. The number of benzene rings is 2. The van der Waals surface area contributed by atoms with Crippen molar-refractivity contribution in [2.24, 2.45) is 0 Å². The highest BCUT2D eigenvalue weighted by atomic mass is 35.5. The van der Waals surface area contributed by atoms with E-state index in [-0.39, 0.29) is 0 Å². The maximum absolute atomic E-state index is 5.99. The van der Waals surface area contributed by atoms with Crippen LogP contribution in [0.15, 0.2) is 55.1 Å². The minimum atomic E-state index is 0.713. The highest BCUT2D eigenvalue weighted by molar-refractivity contribution is 6.30. The van der Waals surface area contributed by atoms with Crippen molar-refractivity contribution in [1.29, 1.82) is 0 Å². The molecule has 1 aromatic heterocycles. The maximum Gasteiger partial charge on any atom is 0.0987 e. The Kier molecular flexibility index (Phi) is 2.75. The van der Waals surface area contributed by atoms with Crippen molar-refractivity contribution in [3.63, 3.8) is 0 Å². The Morgan fingerprint density at radius 2 is 1.67 bits per heavy atom. The van der Waals surface area contributed by atoms with Crippen LogP contribution in [0.3, 0.4) is 0 Å². The molecule has 2 aromatic carbocycles. The smallest absolute Gasteiger partial charge is 0.0987 e. The average molecular weight is 295 g/mol. The number of rotatable bonds is 1. The number of anilines is 2. The van der Waals surface area contributed by atoms with E-state index in [1.807, 2.05) is 42.7 Å². The minimum Gasteiger partial charge on any atom is -0.359 e. The Balaban J connectivity index is 2.08. The van der Waals surface area contributed by atoms with Crippen LogP contribution in [-0.2, 0) is 0 Å². The molecule has 0 saturated heterocycles. The minimum absolute atomic E-state index is 0.713. The zero-order valence-electron chi connectivity index (χ0n) is 11.0. The van der Waals surface area contributed by atoms with Gasteiger partial charge in [0.25, 0.3) is 0 Å². The number of hydrogen-bond donors (Lipinski definition) is 2. The number of fused-ring (bicyclic) bond motifs is 2. The standard InChI is InChI=1S/C16H11ClN4/c17-11-3-1-10(2-4-11)14-15-12(18-5-7-20-15)9-13-16(14)21-8-6-19-13/h1-9,18,20H. The van der Waals surface area contributed by atoms with E-state index in [1.54, 1.807) is 12.4 Å². The van der Waals surface area contributed by atoms with Gasteiger partial charge in [-0.15, -0.1) is 0 Å². The molecule has 0 amide bonds. The Morgan fingerprint density at radius 3 is 2.52 bits per heavy atom. The molecule has 0 unspecified atom stereocenters. The summed E-state index contributed by atoms with van der Waals surface area (Å²) in [4.78, 5) is 8.91. The van der Waals surface area contributed by atoms with Crippen molar-refractivity contribution in [2.45, 2.75) is 0 Å². The van der Waals surface area contributed by atoms with Gasteiger partial charge in [-0.3, -0.25) is 9.97 Å². The first-order valence-corrected chi connectivity index (χ1v) is 6.92. The summed E-state index contributed by atoms with van der Waals surface area (Å²) >= 11 is 5.99. The van der Waals surface area contributed by atoms with Gasteiger partial charge in [0, 0.05) is 35.4 Å². The fourth-order valence-corrected chi connectivity index (χ4v) is 2.65. The first kappa shape index (κ1) is 12.2. The van der Waals surface area contributed by atoms with Crippen molar-refractivity contribution in [3.05, 3.63) is 60.1 Å². The first-order chi connectivity index (χ1) is 10.3. The highest BCUT2D eigenvalue weighted by Crippen LogP contribution is 2.40. The van der Waals surface area contributed by atoms with E-state index in [2.05, 4.69) is 20.6 Å². The molecule has 4 nitrogen and oxygen atoms in total. The molecule has 1 aliphatic heterocycles. The predicted molar refractivity (Wildman–Crippen MR) is 86.4 cm³/mol. The van der Waals surface area contributed by atoms with Crippen molar-refractivity contribution < 1.29 is 0 Å². The number of nitrogens with zero attached hydrogens (tertiary/aromatic N) is 2. The second-order valence-electron chi connectivity index (χ2n) is 4.73. The molecule has 1 aliphatic rings. The second kappa shape index (κ2) is 4.75. The molecule has 0 bridgehead atoms. The van der Waals surface area contributed by atoms with E-state index >= 15 is 0 Å². The lowest BCUT2D eigenvalue weighted by Gasteiger charge is -2.20. The number of nitrogens with one attached hydrogen (secondary N) is 2. The van der Waals surface area contributed by atoms with Crippen molar-refractivity contribution in [2.75, 3.05) is 10.6 Å². The summed E-state index contributed by atoms with van der Waals surface area (Å²) in [5, 5.41) is 7.24. The van der Waals surface area contributed by atoms with Crippen LogP contribution in [-0.4, -0.2) is 9.97 Å². The Hall–Kier alpha value is -2.59. The summed E-state index contributed by atoms with van der Waals surface area (Å²) in [6, 6.07) is 9.74. The Bertz CT molecular complexity index is 856. The molecule has 4 rings (SSSR count). The largest absolute Gasteiger partial charge is 0.359 e. The van der Waals surface area contributed by atoms with Crippen LogP contribution < -0.4 is 10.6 Å². The molecule has 0 saturated carbocycles. The van der Waals surface area contributed by atoms with Crippen molar-refractivity contribution in [3.8, 4) is 11.1 Å². The maximum atomic E-state index is 5.99. The summed E-state index contributed by atoms with van der Waals surface area (Å²) in [7, 11) is 0. The molecule has 0 fully saturated rings. The van der Waals surface area contributed by atoms with Gasteiger partial charge in [0.2, 0.25) is 0 Å². The van der Waals surface area contributed by atoms with Crippen LogP contribution >= 0.6 is 11.6 Å². The highest BCUT2D eigenvalue weighted by Gasteiger charge is 2.17. The van der Waals surface area contributed by atoms with Gasteiger partial charge in [0.15, 0.2) is 0 Å². The summed E-state index contributed by atoms with van der Waals surface area (Å²) < 4.78 is 0. The van der Waals surface area contributed by atoms with Crippen molar-refractivity contribution >= 4 is 34.0 Å². The van der Waals surface area contributed by atoms with Crippen LogP contribution in [0.5, 0.6) is 0 Å². The van der Waals surface area contributed by atoms with Gasteiger partial charge >= 0.3 is 0 Å². The van der Waals surface area contributed by atoms with Crippen LogP contribution in [0.25, 0.3) is 22.2 Å². The molecule has 102 valence electrons. The van der Waals surface area contributed by atoms with E-state index in [4.69, 9.17) is 11.6 Å². The average Bonchev–Trinajstić information content (AvgIpc) is 2.53. The normalized spacial score (nSPS) is 12.6. The van der Waals surface area contributed by atoms with Gasteiger partial charge in [0.05, 0.1) is 22.4 Å². The van der Waals surface area contributed by atoms with E-state index in [9.17, 15) is 0 Å². The van der Waals surface area contributed by atoms with Crippen molar-refractivity contribution in [1.82, 2.24) is 9.97 Å². The van der Waals surface area contributed by atoms with Gasteiger partial charge in [-0.05, 0) is 23.8 Å². The molecule has 0 aliphatic carbocycles. The van der Waals surface area contributed by atoms with Gasteiger partial charge in [-0.1, -0.05) is 23.7 Å². The number of aromatic nitrogens is 2. The number of hydrogen-bond acceptors (Lipinski definition) is 4. The SMILES string of the molecule is Clc1ccc(-c2c3c(cc4nccnc24)NC=CN3)cc1. The molecule has 2 heterocycles. The molecular weight excluding hydrogens is 284 g/mol. The first-order valence-electron chi connectivity index (χ1n) is 6.55. The van der Waals surface area contributed by atoms with Crippen LogP contribution in [0.4, 0.5) is 11.4 Å². The quantitative estimate of drug-likeness (QED) is 0.704. The molecule has 5 heteroatoms. The van der Waals surface area contributed by atoms with Gasteiger partial charge in [-0.25, -0.2) is 0 Å². The third-order valence-corrected chi connectivity index (χ3v) is 3.70. The van der Waals surface area contributed by atoms with Gasteiger partial charge < -0.3 is 10.6 Å². The lowest BCUT2D eigenvalue weighted by Crippen LogP contribution is -2.05. The fraction of sp³-hybridized carbons (Fsp3) is 0.